The van der Waals surface area contributed by atoms with E-state index in [1.54, 1.807) is 7.11 Å². The van der Waals surface area contributed by atoms with Gasteiger partial charge in [-0.3, -0.25) is 0 Å². The molecule has 0 saturated carbocycles. The molecule has 1 aliphatic rings. The molecule has 0 aromatic carbocycles. The molecule has 0 radical (unpaired) electrons. The summed E-state index contributed by atoms with van der Waals surface area (Å²) in [6.07, 6.45) is 2.69. The number of ether oxygens (including phenoxy) is 1. The van der Waals surface area contributed by atoms with Gasteiger partial charge in [0.2, 0.25) is 0 Å². The lowest BCUT2D eigenvalue weighted by Crippen LogP contribution is -2.50. The third-order valence-electron chi connectivity index (χ3n) is 2.60. The molecule has 0 spiro atoms. The molecule has 0 aliphatic carbocycles. The Hall–Kier alpha value is 0.137. The van der Waals surface area contributed by atoms with Crippen LogP contribution in [0.5, 0.6) is 0 Å². The van der Waals surface area contributed by atoms with Crippen molar-refractivity contribution >= 4 is 8.24 Å². The minimum atomic E-state index is -1.07. The van der Waals surface area contributed by atoms with Crippen molar-refractivity contribution in [2.75, 3.05) is 20.3 Å². The van der Waals surface area contributed by atoms with Gasteiger partial charge in [-0.25, -0.2) is 0 Å². The summed E-state index contributed by atoms with van der Waals surface area (Å²) in [7, 11) is 0.735. The van der Waals surface area contributed by atoms with Gasteiger partial charge in [-0.05, 0) is 19.4 Å². The Bertz CT molecular complexity index is 144. The maximum atomic E-state index is 5.23. The summed E-state index contributed by atoms with van der Waals surface area (Å²) >= 11 is 0. The zero-order valence-electron chi connectivity index (χ0n) is 8.76. The number of hydrogen-bond acceptors (Lipinski definition) is 2. The van der Waals surface area contributed by atoms with Crippen LogP contribution in [0.3, 0.4) is 0 Å². The molecule has 0 bridgehead atoms. The second-order valence-electron chi connectivity index (χ2n) is 4.62. The van der Waals surface area contributed by atoms with Crippen LogP contribution in [0.4, 0.5) is 0 Å². The number of methoxy groups -OCH3 is 1. The highest BCUT2D eigenvalue weighted by molar-refractivity contribution is 6.73. The van der Waals surface area contributed by atoms with Crippen LogP contribution in [0.2, 0.25) is 19.6 Å². The third-order valence-corrected chi connectivity index (χ3v) is 4.91. The van der Waals surface area contributed by atoms with Crippen molar-refractivity contribution in [3.05, 3.63) is 0 Å². The minimum Gasteiger partial charge on any atom is -0.383 e. The van der Waals surface area contributed by atoms with Crippen LogP contribution < -0.4 is 0 Å². The van der Waals surface area contributed by atoms with Crippen LogP contribution in [-0.4, -0.2) is 39.1 Å². The molecule has 1 atom stereocenters. The first-order valence-electron chi connectivity index (χ1n) is 4.81. The Morgan fingerprint density at radius 1 is 1.42 bits per heavy atom. The van der Waals surface area contributed by atoms with Crippen molar-refractivity contribution in [3.63, 3.8) is 0 Å². The van der Waals surface area contributed by atoms with Crippen molar-refractivity contribution in [2.24, 2.45) is 0 Å². The molecule has 3 heteroatoms. The normalized spacial score (nSPS) is 26.5. The summed E-state index contributed by atoms with van der Waals surface area (Å²) in [5, 5.41) is 0. The zero-order valence-corrected chi connectivity index (χ0v) is 9.76. The van der Waals surface area contributed by atoms with Crippen molar-refractivity contribution < 1.29 is 4.74 Å². The Morgan fingerprint density at radius 3 is 2.58 bits per heavy atom. The Balaban J connectivity index is 2.52. The van der Waals surface area contributed by atoms with Crippen molar-refractivity contribution in [1.82, 2.24) is 4.57 Å². The Labute approximate surface area is 77.0 Å². The van der Waals surface area contributed by atoms with E-state index in [1.807, 2.05) is 0 Å². The molecule has 1 fully saturated rings. The summed E-state index contributed by atoms with van der Waals surface area (Å²) in [4.78, 5) is 0. The van der Waals surface area contributed by atoms with E-state index < -0.39 is 8.24 Å². The van der Waals surface area contributed by atoms with Crippen molar-refractivity contribution in [2.45, 2.75) is 38.5 Å². The van der Waals surface area contributed by atoms with Crippen LogP contribution in [0.25, 0.3) is 0 Å². The van der Waals surface area contributed by atoms with Gasteiger partial charge in [0.15, 0.2) is 0 Å². The predicted octanol–water partition coefficient (Wildman–Crippen LogP) is 1.93. The fourth-order valence-electron chi connectivity index (χ4n) is 2.08. The smallest absolute Gasteiger partial charge is 0.119 e. The van der Waals surface area contributed by atoms with E-state index in [-0.39, 0.29) is 0 Å². The first kappa shape index (κ1) is 10.2. The van der Waals surface area contributed by atoms with E-state index in [2.05, 4.69) is 24.2 Å². The van der Waals surface area contributed by atoms with Gasteiger partial charge in [0.25, 0.3) is 0 Å². The molecule has 1 rings (SSSR count). The SMILES string of the molecule is COC[C@@H]1CCCN1[Si](C)(C)C. The van der Waals surface area contributed by atoms with E-state index in [1.165, 1.54) is 19.4 Å². The number of hydrogen-bond donors (Lipinski definition) is 0. The van der Waals surface area contributed by atoms with Crippen molar-refractivity contribution in [3.8, 4) is 0 Å². The highest BCUT2D eigenvalue weighted by Crippen LogP contribution is 2.23. The molecule has 0 amide bonds. The predicted molar refractivity (Wildman–Crippen MR) is 55.0 cm³/mol. The van der Waals surface area contributed by atoms with Gasteiger partial charge < -0.3 is 9.30 Å². The van der Waals surface area contributed by atoms with Crippen LogP contribution in [-0.2, 0) is 4.74 Å². The standard InChI is InChI=1S/C9H21NOSi/c1-11-8-9-6-5-7-10(9)12(2,3)4/h9H,5-8H2,1-4H3/t9-/m0/s1. The average Bonchev–Trinajstić information content (AvgIpc) is 2.34. The molecule has 1 saturated heterocycles. The van der Waals surface area contributed by atoms with Crippen LogP contribution in [0.1, 0.15) is 12.8 Å². The molecule has 1 aliphatic heterocycles. The minimum absolute atomic E-state index is 0.710. The van der Waals surface area contributed by atoms with Gasteiger partial charge in [0, 0.05) is 13.2 Å². The summed E-state index contributed by atoms with van der Waals surface area (Å²) < 4.78 is 7.92. The Kier molecular flexibility index (Phi) is 3.32. The monoisotopic (exact) mass is 187 g/mol. The third kappa shape index (κ3) is 2.31. The lowest BCUT2D eigenvalue weighted by molar-refractivity contribution is 0.146. The molecule has 0 aromatic heterocycles. The molecular weight excluding hydrogens is 166 g/mol. The quantitative estimate of drug-likeness (QED) is 0.626. The maximum absolute atomic E-state index is 5.23. The van der Waals surface area contributed by atoms with Crippen LogP contribution >= 0.6 is 0 Å². The average molecular weight is 187 g/mol. The molecule has 0 aromatic rings. The highest BCUT2D eigenvalue weighted by Gasteiger charge is 2.33. The fraction of sp³-hybridized carbons (Fsp3) is 1.00. The zero-order chi connectivity index (χ0) is 9.19. The number of nitrogens with zero attached hydrogens (tertiary/aromatic N) is 1. The van der Waals surface area contributed by atoms with Gasteiger partial charge in [-0.15, -0.1) is 0 Å². The van der Waals surface area contributed by atoms with Gasteiger partial charge in [-0.1, -0.05) is 19.6 Å². The number of rotatable bonds is 3. The second-order valence-corrected chi connectivity index (χ2v) is 9.53. The fourth-order valence-corrected chi connectivity index (χ4v) is 4.21. The lowest BCUT2D eigenvalue weighted by Gasteiger charge is -2.35. The first-order chi connectivity index (χ1) is 5.55. The molecule has 0 N–H and O–H groups in total. The van der Waals surface area contributed by atoms with Crippen molar-refractivity contribution in [1.29, 1.82) is 0 Å². The largest absolute Gasteiger partial charge is 0.383 e. The van der Waals surface area contributed by atoms with E-state index in [4.69, 9.17) is 4.74 Å². The summed E-state index contributed by atoms with van der Waals surface area (Å²) in [5.74, 6) is 0. The van der Waals surface area contributed by atoms with Gasteiger partial charge >= 0.3 is 0 Å². The second kappa shape index (κ2) is 3.90. The summed E-state index contributed by atoms with van der Waals surface area (Å²) in [5.41, 5.74) is 0. The first-order valence-corrected chi connectivity index (χ1v) is 8.26. The lowest BCUT2D eigenvalue weighted by atomic mass is 10.2. The van der Waals surface area contributed by atoms with Crippen LogP contribution in [0, 0.1) is 0 Å². The highest BCUT2D eigenvalue weighted by atomic mass is 28.3. The van der Waals surface area contributed by atoms with E-state index in [0.29, 0.717) is 6.04 Å². The molecule has 12 heavy (non-hydrogen) atoms. The molecule has 0 unspecified atom stereocenters. The molecular formula is C9H21NOSi. The van der Waals surface area contributed by atoms with E-state index >= 15 is 0 Å². The molecule has 72 valence electrons. The van der Waals surface area contributed by atoms with Gasteiger partial charge in [0.05, 0.1) is 6.61 Å². The van der Waals surface area contributed by atoms with Gasteiger partial charge in [0.1, 0.15) is 8.24 Å². The van der Waals surface area contributed by atoms with Crippen LogP contribution in [0.15, 0.2) is 0 Å². The van der Waals surface area contributed by atoms with E-state index in [0.717, 1.165) is 6.61 Å². The Morgan fingerprint density at radius 2 is 2.08 bits per heavy atom. The maximum Gasteiger partial charge on any atom is 0.119 e. The van der Waals surface area contributed by atoms with Gasteiger partial charge in [-0.2, -0.15) is 0 Å². The van der Waals surface area contributed by atoms with E-state index in [9.17, 15) is 0 Å². The summed E-state index contributed by atoms with van der Waals surface area (Å²) in [6, 6.07) is 0.710. The summed E-state index contributed by atoms with van der Waals surface area (Å²) in [6.45, 7) is 9.47. The molecule has 2 nitrogen and oxygen atoms in total. The molecule has 1 heterocycles. The topological polar surface area (TPSA) is 12.5 Å².